The minimum Gasteiger partial charge on any atom is -0.331 e. The average molecular weight is 279 g/mol. The van der Waals surface area contributed by atoms with Crippen LogP contribution in [0.15, 0.2) is 12.4 Å². The SMILES string of the molecule is CCc1cnc(CNC(=O)Nc2cn(C)nc2C)s1. The first-order valence-electron chi connectivity index (χ1n) is 6.07. The molecule has 0 aliphatic rings. The number of carbonyl (C=O) groups is 1. The van der Waals surface area contributed by atoms with E-state index in [-0.39, 0.29) is 6.03 Å². The number of anilines is 1. The van der Waals surface area contributed by atoms with E-state index in [0.29, 0.717) is 12.2 Å². The van der Waals surface area contributed by atoms with Crippen LogP contribution >= 0.6 is 11.3 Å². The largest absolute Gasteiger partial charge is 0.331 e. The fourth-order valence-electron chi connectivity index (χ4n) is 1.64. The highest BCUT2D eigenvalue weighted by Gasteiger charge is 2.08. The number of carbonyl (C=O) groups excluding carboxylic acids is 1. The molecular formula is C12H17N5OS. The van der Waals surface area contributed by atoms with Gasteiger partial charge in [0.2, 0.25) is 0 Å². The summed E-state index contributed by atoms with van der Waals surface area (Å²) in [6.45, 7) is 4.38. The van der Waals surface area contributed by atoms with Crippen LogP contribution in [0.2, 0.25) is 0 Å². The van der Waals surface area contributed by atoms with Crippen molar-refractivity contribution < 1.29 is 4.79 Å². The van der Waals surface area contributed by atoms with Crippen LogP contribution in [-0.2, 0) is 20.0 Å². The van der Waals surface area contributed by atoms with Crippen molar-refractivity contribution >= 4 is 23.1 Å². The second-order valence-electron chi connectivity index (χ2n) is 4.18. The Morgan fingerprint density at radius 1 is 1.53 bits per heavy atom. The van der Waals surface area contributed by atoms with Crippen LogP contribution in [0.4, 0.5) is 10.5 Å². The summed E-state index contributed by atoms with van der Waals surface area (Å²) in [4.78, 5) is 17.2. The highest BCUT2D eigenvalue weighted by atomic mass is 32.1. The van der Waals surface area contributed by atoms with E-state index in [1.165, 1.54) is 4.88 Å². The fraction of sp³-hybridized carbons (Fsp3) is 0.417. The lowest BCUT2D eigenvalue weighted by atomic mass is 10.4. The van der Waals surface area contributed by atoms with Gasteiger partial charge in [-0.05, 0) is 13.3 Å². The van der Waals surface area contributed by atoms with Crippen molar-refractivity contribution in [3.63, 3.8) is 0 Å². The maximum absolute atomic E-state index is 11.7. The number of amides is 2. The number of hydrogen-bond acceptors (Lipinski definition) is 4. The van der Waals surface area contributed by atoms with Crippen LogP contribution in [-0.4, -0.2) is 20.8 Å². The summed E-state index contributed by atoms with van der Waals surface area (Å²) in [6.07, 6.45) is 4.59. The molecule has 19 heavy (non-hydrogen) atoms. The van der Waals surface area contributed by atoms with Gasteiger partial charge in [-0.3, -0.25) is 4.68 Å². The molecule has 0 fully saturated rings. The molecule has 0 aromatic carbocycles. The molecule has 7 heteroatoms. The Balaban J connectivity index is 1.86. The Morgan fingerprint density at radius 2 is 2.32 bits per heavy atom. The lowest BCUT2D eigenvalue weighted by molar-refractivity contribution is 0.251. The smallest absolute Gasteiger partial charge is 0.319 e. The average Bonchev–Trinajstić information content (AvgIpc) is 2.94. The van der Waals surface area contributed by atoms with Crippen LogP contribution in [0, 0.1) is 6.92 Å². The summed E-state index contributed by atoms with van der Waals surface area (Å²) in [5.41, 5.74) is 1.51. The summed E-state index contributed by atoms with van der Waals surface area (Å²) in [5, 5.41) is 10.6. The zero-order chi connectivity index (χ0) is 13.8. The predicted molar refractivity (Wildman–Crippen MR) is 75.3 cm³/mol. The number of nitrogens with zero attached hydrogens (tertiary/aromatic N) is 3. The third-order valence-electron chi connectivity index (χ3n) is 2.61. The van der Waals surface area contributed by atoms with Gasteiger partial charge in [0.1, 0.15) is 5.01 Å². The van der Waals surface area contributed by atoms with E-state index in [1.54, 1.807) is 22.2 Å². The van der Waals surface area contributed by atoms with Gasteiger partial charge in [0.25, 0.3) is 0 Å². The summed E-state index contributed by atoms with van der Waals surface area (Å²) in [6, 6.07) is -0.246. The van der Waals surface area contributed by atoms with Crippen molar-refractivity contribution in [2.75, 3.05) is 5.32 Å². The van der Waals surface area contributed by atoms with Gasteiger partial charge >= 0.3 is 6.03 Å². The monoisotopic (exact) mass is 279 g/mol. The number of urea groups is 1. The lowest BCUT2D eigenvalue weighted by Crippen LogP contribution is -2.28. The summed E-state index contributed by atoms with van der Waals surface area (Å²) in [7, 11) is 1.82. The molecule has 2 rings (SSSR count). The van der Waals surface area contributed by atoms with E-state index in [1.807, 2.05) is 20.2 Å². The Kier molecular flexibility index (Phi) is 4.16. The third-order valence-corrected chi connectivity index (χ3v) is 3.75. The minimum atomic E-state index is -0.246. The van der Waals surface area contributed by atoms with E-state index >= 15 is 0 Å². The molecule has 0 aliphatic heterocycles. The number of aryl methyl sites for hydroxylation is 3. The fourth-order valence-corrected chi connectivity index (χ4v) is 2.44. The van der Waals surface area contributed by atoms with Gasteiger partial charge in [0.05, 0.1) is 17.9 Å². The molecule has 0 saturated heterocycles. The van der Waals surface area contributed by atoms with Crippen molar-refractivity contribution in [2.24, 2.45) is 7.05 Å². The van der Waals surface area contributed by atoms with Crippen molar-refractivity contribution in [1.82, 2.24) is 20.1 Å². The normalized spacial score (nSPS) is 10.5. The van der Waals surface area contributed by atoms with Crippen LogP contribution in [0.3, 0.4) is 0 Å². The van der Waals surface area contributed by atoms with E-state index in [4.69, 9.17) is 0 Å². The Bertz CT molecular complexity index is 574. The van der Waals surface area contributed by atoms with Gasteiger partial charge in [0.15, 0.2) is 0 Å². The van der Waals surface area contributed by atoms with Crippen LogP contribution in [0.25, 0.3) is 0 Å². The van der Waals surface area contributed by atoms with Gasteiger partial charge in [-0.25, -0.2) is 9.78 Å². The molecule has 102 valence electrons. The van der Waals surface area contributed by atoms with Crippen LogP contribution in [0.5, 0.6) is 0 Å². The molecule has 0 bridgehead atoms. The molecule has 0 spiro atoms. The number of aromatic nitrogens is 3. The molecule has 2 aromatic rings. The van der Waals surface area contributed by atoms with Gasteiger partial charge in [-0.2, -0.15) is 5.10 Å². The zero-order valence-electron chi connectivity index (χ0n) is 11.2. The first-order valence-corrected chi connectivity index (χ1v) is 6.88. The Labute approximate surface area is 115 Å². The molecule has 6 nitrogen and oxygen atoms in total. The van der Waals surface area contributed by atoms with Crippen molar-refractivity contribution in [1.29, 1.82) is 0 Å². The van der Waals surface area contributed by atoms with E-state index in [9.17, 15) is 4.79 Å². The third kappa shape index (κ3) is 3.54. The van der Waals surface area contributed by atoms with E-state index < -0.39 is 0 Å². The van der Waals surface area contributed by atoms with Gasteiger partial charge in [-0.1, -0.05) is 6.92 Å². The maximum atomic E-state index is 11.7. The molecule has 0 unspecified atom stereocenters. The molecule has 0 aliphatic carbocycles. The second kappa shape index (κ2) is 5.83. The highest BCUT2D eigenvalue weighted by molar-refractivity contribution is 7.11. The van der Waals surface area contributed by atoms with Crippen molar-refractivity contribution in [3.8, 4) is 0 Å². The molecule has 2 heterocycles. The van der Waals surface area contributed by atoms with Crippen LogP contribution < -0.4 is 10.6 Å². The molecule has 0 radical (unpaired) electrons. The standard InChI is InChI=1S/C12H17N5OS/c1-4-9-5-13-11(19-9)6-14-12(18)15-10-7-17(3)16-8(10)2/h5,7H,4,6H2,1-3H3,(H2,14,15,18). The van der Waals surface area contributed by atoms with E-state index in [0.717, 1.165) is 17.1 Å². The minimum absolute atomic E-state index is 0.246. The zero-order valence-corrected chi connectivity index (χ0v) is 12.0. The molecule has 2 N–H and O–H groups in total. The number of nitrogens with one attached hydrogen (secondary N) is 2. The quantitative estimate of drug-likeness (QED) is 0.900. The lowest BCUT2D eigenvalue weighted by Gasteiger charge is -2.04. The molecule has 0 saturated carbocycles. The summed E-state index contributed by atoms with van der Waals surface area (Å²) in [5.74, 6) is 0. The molecule has 2 amide bonds. The first-order chi connectivity index (χ1) is 9.08. The second-order valence-corrected chi connectivity index (χ2v) is 5.38. The van der Waals surface area contributed by atoms with Crippen LogP contribution in [0.1, 0.15) is 22.5 Å². The first kappa shape index (κ1) is 13.5. The van der Waals surface area contributed by atoms with Crippen molar-refractivity contribution in [3.05, 3.63) is 28.0 Å². The molecule has 0 atom stereocenters. The molecule has 2 aromatic heterocycles. The number of rotatable bonds is 4. The number of thiazole rings is 1. The molecular weight excluding hydrogens is 262 g/mol. The van der Waals surface area contributed by atoms with Gasteiger partial charge in [0, 0.05) is 24.3 Å². The van der Waals surface area contributed by atoms with E-state index in [2.05, 4.69) is 27.6 Å². The maximum Gasteiger partial charge on any atom is 0.319 e. The topological polar surface area (TPSA) is 71.8 Å². The summed E-state index contributed by atoms with van der Waals surface area (Å²) >= 11 is 1.62. The van der Waals surface area contributed by atoms with Gasteiger partial charge < -0.3 is 10.6 Å². The predicted octanol–water partition coefficient (Wildman–Crippen LogP) is 2.07. The summed E-state index contributed by atoms with van der Waals surface area (Å²) < 4.78 is 1.67. The highest BCUT2D eigenvalue weighted by Crippen LogP contribution is 2.13. The number of hydrogen-bond donors (Lipinski definition) is 2. The Morgan fingerprint density at radius 3 is 2.89 bits per heavy atom. The Hall–Kier alpha value is -1.89. The van der Waals surface area contributed by atoms with Crippen molar-refractivity contribution in [2.45, 2.75) is 26.8 Å². The van der Waals surface area contributed by atoms with Gasteiger partial charge in [-0.15, -0.1) is 11.3 Å².